The average Bonchev–Trinajstić information content (AvgIpc) is 2.15. The van der Waals surface area contributed by atoms with Gasteiger partial charge in [-0.15, -0.1) is 0 Å². The van der Waals surface area contributed by atoms with Gasteiger partial charge in [0.25, 0.3) is 0 Å². The molecular weight excluding hydrogens is 216 g/mol. The van der Waals surface area contributed by atoms with E-state index in [1.165, 1.54) is 6.92 Å². The Morgan fingerprint density at radius 3 is 2.18 bits per heavy atom. The van der Waals surface area contributed by atoms with E-state index in [0.717, 1.165) is 5.56 Å². The second-order valence-electron chi connectivity index (χ2n) is 4.89. The van der Waals surface area contributed by atoms with Gasteiger partial charge in [0.05, 0.1) is 5.56 Å². The van der Waals surface area contributed by atoms with Crippen molar-refractivity contribution in [1.29, 1.82) is 0 Å². The molecule has 1 aromatic rings. The number of Topliss-reactive ketones (excluding diaryl/α,β-unsaturated/α-hetero) is 1. The van der Waals surface area contributed by atoms with Gasteiger partial charge in [-0.05, 0) is 39.8 Å². The van der Waals surface area contributed by atoms with Crippen LogP contribution in [0.5, 0.6) is 0 Å². The van der Waals surface area contributed by atoms with Crippen LogP contribution in [0, 0.1) is 6.92 Å². The highest BCUT2D eigenvalue weighted by Crippen LogP contribution is 2.17. The second kappa shape index (κ2) is 5.13. The molecule has 0 spiro atoms. The van der Waals surface area contributed by atoms with E-state index >= 15 is 0 Å². The number of carbonyl (C=O) groups excluding carboxylic acids is 2. The third-order valence-electron chi connectivity index (χ3n) is 2.33. The van der Waals surface area contributed by atoms with Crippen molar-refractivity contribution in [2.75, 3.05) is 0 Å². The summed E-state index contributed by atoms with van der Waals surface area (Å²) in [6.45, 7) is 6.91. The van der Waals surface area contributed by atoms with Crippen LogP contribution in [-0.2, 0) is 9.53 Å². The fourth-order valence-corrected chi connectivity index (χ4v) is 1.64. The summed E-state index contributed by atoms with van der Waals surface area (Å²) < 4.78 is 5.31. The third kappa shape index (κ3) is 4.39. The Bertz CT molecular complexity index is 416. The van der Waals surface area contributed by atoms with Gasteiger partial charge in [0.1, 0.15) is 11.4 Å². The molecule has 0 saturated heterocycles. The van der Waals surface area contributed by atoms with E-state index in [1.807, 2.05) is 19.1 Å². The first-order chi connectivity index (χ1) is 7.80. The van der Waals surface area contributed by atoms with Crippen LogP contribution >= 0.6 is 0 Å². The van der Waals surface area contributed by atoms with Gasteiger partial charge in [0, 0.05) is 6.42 Å². The Kier molecular flexibility index (Phi) is 4.05. The van der Waals surface area contributed by atoms with Gasteiger partial charge in [-0.1, -0.05) is 17.7 Å². The van der Waals surface area contributed by atoms with E-state index in [4.69, 9.17) is 4.74 Å². The highest BCUT2D eigenvalue weighted by Gasteiger charge is 2.25. The van der Waals surface area contributed by atoms with Crippen molar-refractivity contribution in [3.05, 3.63) is 35.4 Å². The van der Waals surface area contributed by atoms with Crippen molar-refractivity contribution in [2.45, 2.75) is 39.7 Å². The van der Waals surface area contributed by atoms with Crippen LogP contribution in [0.1, 0.15) is 43.1 Å². The smallest absolute Gasteiger partial charge is 0.338 e. The molecule has 3 heteroatoms. The summed E-state index contributed by atoms with van der Waals surface area (Å²) in [5.74, 6) is -0.386. The van der Waals surface area contributed by atoms with Gasteiger partial charge in [0.2, 0.25) is 0 Å². The molecule has 0 bridgehead atoms. The maximum Gasteiger partial charge on any atom is 0.338 e. The van der Waals surface area contributed by atoms with Gasteiger partial charge in [-0.3, -0.25) is 4.79 Å². The van der Waals surface area contributed by atoms with Crippen LogP contribution in [0.25, 0.3) is 0 Å². The summed E-state index contributed by atoms with van der Waals surface area (Å²) in [7, 11) is 0. The highest BCUT2D eigenvalue weighted by atomic mass is 16.6. The standard InChI is InChI=1S/C14H18O3/c1-10-5-7-12(8-6-10)13(16)17-14(3,4)9-11(2)15/h5-8H,9H2,1-4H3. The van der Waals surface area contributed by atoms with Crippen LogP contribution in [-0.4, -0.2) is 17.4 Å². The predicted molar refractivity (Wildman–Crippen MR) is 66.0 cm³/mol. The maximum absolute atomic E-state index is 11.8. The topological polar surface area (TPSA) is 43.4 Å². The molecule has 0 aromatic heterocycles. The van der Waals surface area contributed by atoms with E-state index in [2.05, 4.69) is 0 Å². The molecule has 0 fully saturated rings. The first-order valence-electron chi connectivity index (χ1n) is 5.59. The number of esters is 1. The minimum atomic E-state index is -0.756. The highest BCUT2D eigenvalue weighted by molar-refractivity contribution is 5.90. The van der Waals surface area contributed by atoms with E-state index < -0.39 is 11.6 Å². The molecule has 0 heterocycles. The first kappa shape index (κ1) is 13.4. The van der Waals surface area contributed by atoms with Gasteiger partial charge < -0.3 is 4.74 Å². The van der Waals surface area contributed by atoms with Crippen molar-refractivity contribution >= 4 is 11.8 Å². The van der Waals surface area contributed by atoms with Crippen LogP contribution in [0.4, 0.5) is 0 Å². The molecule has 0 unspecified atom stereocenters. The molecular formula is C14H18O3. The third-order valence-corrected chi connectivity index (χ3v) is 2.33. The Labute approximate surface area is 102 Å². The number of hydrogen-bond acceptors (Lipinski definition) is 3. The number of hydrogen-bond donors (Lipinski definition) is 0. The normalized spacial score (nSPS) is 11.1. The summed E-state index contributed by atoms with van der Waals surface area (Å²) in [4.78, 5) is 22.9. The molecule has 0 aliphatic rings. The fraction of sp³-hybridized carbons (Fsp3) is 0.429. The molecule has 92 valence electrons. The van der Waals surface area contributed by atoms with E-state index in [9.17, 15) is 9.59 Å². The predicted octanol–water partition coefficient (Wildman–Crippen LogP) is 2.91. The molecule has 0 aliphatic carbocycles. The Morgan fingerprint density at radius 2 is 1.71 bits per heavy atom. The average molecular weight is 234 g/mol. The van der Waals surface area contributed by atoms with Crippen LogP contribution < -0.4 is 0 Å². The maximum atomic E-state index is 11.8. The zero-order valence-corrected chi connectivity index (χ0v) is 10.7. The van der Waals surface area contributed by atoms with Crippen molar-refractivity contribution < 1.29 is 14.3 Å². The lowest BCUT2D eigenvalue weighted by atomic mass is 10.0. The number of benzene rings is 1. The lowest BCUT2D eigenvalue weighted by molar-refractivity contribution is -0.121. The number of ether oxygens (including phenoxy) is 1. The zero-order valence-electron chi connectivity index (χ0n) is 10.7. The molecule has 1 rings (SSSR count). The summed E-state index contributed by atoms with van der Waals surface area (Å²) in [5, 5.41) is 0. The van der Waals surface area contributed by atoms with E-state index in [-0.39, 0.29) is 12.2 Å². The molecule has 3 nitrogen and oxygen atoms in total. The van der Waals surface area contributed by atoms with Crippen molar-refractivity contribution in [3.63, 3.8) is 0 Å². The SMILES string of the molecule is CC(=O)CC(C)(C)OC(=O)c1ccc(C)cc1. The van der Waals surface area contributed by atoms with Crippen LogP contribution in [0.2, 0.25) is 0 Å². The quantitative estimate of drug-likeness (QED) is 0.752. The number of rotatable bonds is 4. The van der Waals surface area contributed by atoms with Gasteiger partial charge in [0.15, 0.2) is 0 Å². The molecule has 1 aromatic carbocycles. The van der Waals surface area contributed by atoms with E-state index in [1.54, 1.807) is 26.0 Å². The van der Waals surface area contributed by atoms with Crippen molar-refractivity contribution in [3.8, 4) is 0 Å². The monoisotopic (exact) mass is 234 g/mol. The second-order valence-corrected chi connectivity index (χ2v) is 4.89. The van der Waals surface area contributed by atoms with E-state index in [0.29, 0.717) is 5.56 Å². The number of ketones is 1. The molecule has 0 amide bonds. The van der Waals surface area contributed by atoms with Crippen molar-refractivity contribution in [2.24, 2.45) is 0 Å². The van der Waals surface area contributed by atoms with Gasteiger partial charge in [-0.2, -0.15) is 0 Å². The number of aryl methyl sites for hydroxylation is 1. The van der Waals surface area contributed by atoms with Gasteiger partial charge in [-0.25, -0.2) is 4.79 Å². The zero-order chi connectivity index (χ0) is 13.1. The van der Waals surface area contributed by atoms with Crippen LogP contribution in [0.3, 0.4) is 0 Å². The molecule has 0 atom stereocenters. The summed E-state index contributed by atoms with van der Waals surface area (Å²) in [6.07, 6.45) is 0.227. The lowest BCUT2D eigenvalue weighted by Crippen LogP contribution is -2.30. The fourth-order valence-electron chi connectivity index (χ4n) is 1.64. The molecule has 17 heavy (non-hydrogen) atoms. The minimum absolute atomic E-state index is 0.00621. The molecule has 0 saturated carbocycles. The molecule has 0 N–H and O–H groups in total. The Hall–Kier alpha value is -1.64. The minimum Gasteiger partial charge on any atom is -0.456 e. The number of carbonyl (C=O) groups is 2. The molecule has 0 radical (unpaired) electrons. The van der Waals surface area contributed by atoms with Crippen molar-refractivity contribution in [1.82, 2.24) is 0 Å². The lowest BCUT2D eigenvalue weighted by Gasteiger charge is -2.23. The Morgan fingerprint density at radius 1 is 1.18 bits per heavy atom. The summed E-state index contributed by atoms with van der Waals surface area (Å²) >= 11 is 0. The molecule has 0 aliphatic heterocycles. The Balaban J connectivity index is 2.72. The van der Waals surface area contributed by atoms with Crippen LogP contribution in [0.15, 0.2) is 24.3 Å². The first-order valence-corrected chi connectivity index (χ1v) is 5.59. The summed E-state index contributed by atoms with van der Waals surface area (Å²) in [6, 6.07) is 7.16. The summed E-state index contributed by atoms with van der Waals surface area (Å²) in [5.41, 5.74) is 0.838. The van der Waals surface area contributed by atoms with Gasteiger partial charge >= 0.3 is 5.97 Å². The largest absolute Gasteiger partial charge is 0.456 e.